The van der Waals surface area contributed by atoms with Gasteiger partial charge in [0.1, 0.15) is 0 Å². The Kier molecular flexibility index (Phi) is 5.45. The summed E-state index contributed by atoms with van der Waals surface area (Å²) in [5, 5.41) is 3.45. The maximum Gasteiger partial charge on any atom is 0.171 e. The van der Waals surface area contributed by atoms with Crippen molar-refractivity contribution in [1.29, 1.82) is 0 Å². The van der Waals surface area contributed by atoms with Gasteiger partial charge in [0.05, 0.1) is 6.61 Å². The van der Waals surface area contributed by atoms with Crippen LogP contribution >= 0.6 is 0 Å². The lowest BCUT2D eigenvalue weighted by Gasteiger charge is -2.33. The van der Waals surface area contributed by atoms with Crippen LogP contribution < -0.4 is 15.0 Å². The molecule has 0 atom stereocenters. The van der Waals surface area contributed by atoms with E-state index in [0.717, 1.165) is 43.7 Å². The van der Waals surface area contributed by atoms with E-state index in [1.54, 1.807) is 0 Å². The smallest absolute Gasteiger partial charge is 0.171 e. The summed E-state index contributed by atoms with van der Waals surface area (Å²) in [4.78, 5) is 6.85. The summed E-state index contributed by atoms with van der Waals surface area (Å²) in [7, 11) is 0. The molecule has 0 amide bonds. The van der Waals surface area contributed by atoms with Gasteiger partial charge in [0, 0.05) is 19.3 Å². The number of anilines is 1. The number of nitrogens with zero attached hydrogens (tertiary/aromatic N) is 2. The summed E-state index contributed by atoms with van der Waals surface area (Å²) in [5.74, 6) is 2.72. The number of piperidine rings is 1. The second-order valence-corrected chi connectivity index (χ2v) is 5.00. The molecule has 0 aromatic carbocycles. The van der Waals surface area contributed by atoms with Crippen molar-refractivity contribution in [3.63, 3.8) is 0 Å². The molecule has 0 radical (unpaired) electrons. The van der Waals surface area contributed by atoms with Gasteiger partial charge in [0.25, 0.3) is 0 Å². The molecule has 4 heteroatoms. The van der Waals surface area contributed by atoms with E-state index in [9.17, 15) is 0 Å². The predicted molar refractivity (Wildman–Crippen MR) is 78.9 cm³/mol. The minimum atomic E-state index is 0.690. The molecule has 4 nitrogen and oxygen atoms in total. The summed E-state index contributed by atoms with van der Waals surface area (Å²) in [6.07, 6.45) is 4.31. The molecule has 2 rings (SSSR count). The summed E-state index contributed by atoms with van der Waals surface area (Å²) >= 11 is 0. The lowest BCUT2D eigenvalue weighted by atomic mass is 9.97. The van der Waals surface area contributed by atoms with Crippen LogP contribution in [0.1, 0.15) is 26.7 Å². The van der Waals surface area contributed by atoms with Gasteiger partial charge in [-0.2, -0.15) is 0 Å². The minimum Gasteiger partial charge on any atom is -0.490 e. The summed E-state index contributed by atoms with van der Waals surface area (Å²) in [5.41, 5.74) is 0. The van der Waals surface area contributed by atoms with Gasteiger partial charge >= 0.3 is 0 Å². The zero-order valence-electron chi connectivity index (χ0n) is 12.1. The number of hydrogen-bond acceptors (Lipinski definition) is 4. The Morgan fingerprint density at radius 2 is 2.16 bits per heavy atom. The van der Waals surface area contributed by atoms with Gasteiger partial charge in [0.2, 0.25) is 0 Å². The summed E-state index contributed by atoms with van der Waals surface area (Å²) < 4.78 is 5.67. The lowest BCUT2D eigenvalue weighted by Crippen LogP contribution is -2.37. The molecular formula is C15H25N3O. The standard InChI is InChI=1S/C15H25N3O/c1-3-16-12-13-7-10-18(11-8-13)15-14(19-4-2)6-5-9-17-15/h5-6,9,13,16H,3-4,7-8,10-12H2,1-2H3. The molecule has 1 fully saturated rings. The molecule has 2 heterocycles. The second-order valence-electron chi connectivity index (χ2n) is 5.00. The van der Waals surface area contributed by atoms with Crippen molar-refractivity contribution in [2.24, 2.45) is 5.92 Å². The highest BCUT2D eigenvalue weighted by Gasteiger charge is 2.21. The van der Waals surface area contributed by atoms with Crippen molar-refractivity contribution in [1.82, 2.24) is 10.3 Å². The Morgan fingerprint density at radius 1 is 1.37 bits per heavy atom. The van der Waals surface area contributed by atoms with E-state index in [4.69, 9.17) is 4.74 Å². The molecule has 1 N–H and O–H groups in total. The monoisotopic (exact) mass is 263 g/mol. The molecule has 0 unspecified atom stereocenters. The van der Waals surface area contributed by atoms with Crippen LogP contribution in [-0.2, 0) is 0 Å². The molecule has 1 aliphatic rings. The number of nitrogens with one attached hydrogen (secondary N) is 1. The first-order valence-corrected chi connectivity index (χ1v) is 7.38. The van der Waals surface area contributed by atoms with Crippen molar-refractivity contribution in [2.45, 2.75) is 26.7 Å². The van der Waals surface area contributed by atoms with Crippen molar-refractivity contribution < 1.29 is 4.74 Å². The maximum absolute atomic E-state index is 5.67. The van der Waals surface area contributed by atoms with Crippen molar-refractivity contribution in [3.05, 3.63) is 18.3 Å². The van der Waals surface area contributed by atoms with Gasteiger partial charge in [-0.25, -0.2) is 4.98 Å². The first-order valence-electron chi connectivity index (χ1n) is 7.38. The van der Waals surface area contributed by atoms with Crippen LogP contribution in [0.15, 0.2) is 18.3 Å². The van der Waals surface area contributed by atoms with E-state index in [1.807, 2.05) is 25.3 Å². The molecule has 106 valence electrons. The largest absolute Gasteiger partial charge is 0.490 e. The zero-order chi connectivity index (χ0) is 13.5. The molecular weight excluding hydrogens is 238 g/mol. The molecule has 1 aliphatic heterocycles. The second kappa shape index (κ2) is 7.34. The molecule has 0 spiro atoms. The molecule has 0 aliphatic carbocycles. The van der Waals surface area contributed by atoms with Crippen LogP contribution in [0.3, 0.4) is 0 Å². The van der Waals surface area contributed by atoms with Crippen molar-refractivity contribution in [3.8, 4) is 5.75 Å². The van der Waals surface area contributed by atoms with Gasteiger partial charge in [-0.3, -0.25) is 0 Å². The van der Waals surface area contributed by atoms with E-state index >= 15 is 0 Å². The molecule has 1 aromatic rings. The quantitative estimate of drug-likeness (QED) is 0.854. The Balaban J connectivity index is 1.93. The van der Waals surface area contributed by atoms with Gasteiger partial charge in [0.15, 0.2) is 11.6 Å². The van der Waals surface area contributed by atoms with Crippen LogP contribution in [0.2, 0.25) is 0 Å². The highest BCUT2D eigenvalue weighted by Crippen LogP contribution is 2.29. The fraction of sp³-hybridized carbons (Fsp3) is 0.667. The Morgan fingerprint density at radius 3 is 2.84 bits per heavy atom. The SMILES string of the molecule is CCNCC1CCN(c2ncccc2OCC)CC1. The zero-order valence-corrected chi connectivity index (χ0v) is 12.1. The van der Waals surface area contributed by atoms with E-state index in [-0.39, 0.29) is 0 Å². The molecule has 1 saturated heterocycles. The lowest BCUT2D eigenvalue weighted by molar-refractivity contribution is 0.334. The van der Waals surface area contributed by atoms with Crippen LogP contribution in [0.4, 0.5) is 5.82 Å². The van der Waals surface area contributed by atoms with Crippen LogP contribution in [0.5, 0.6) is 5.75 Å². The third-order valence-electron chi connectivity index (χ3n) is 3.65. The number of aromatic nitrogens is 1. The van der Waals surface area contributed by atoms with E-state index in [0.29, 0.717) is 6.61 Å². The fourth-order valence-corrected chi connectivity index (χ4v) is 2.59. The van der Waals surface area contributed by atoms with Crippen LogP contribution in [-0.4, -0.2) is 37.8 Å². The van der Waals surface area contributed by atoms with Crippen molar-refractivity contribution in [2.75, 3.05) is 37.7 Å². The third kappa shape index (κ3) is 3.83. The summed E-state index contributed by atoms with van der Waals surface area (Å²) in [6.45, 7) is 9.23. The Bertz CT molecular complexity index is 375. The number of ether oxygens (including phenoxy) is 1. The average Bonchev–Trinajstić information content (AvgIpc) is 2.47. The highest BCUT2D eigenvalue weighted by molar-refractivity contribution is 5.52. The topological polar surface area (TPSA) is 37.4 Å². The first kappa shape index (κ1) is 14.1. The van der Waals surface area contributed by atoms with E-state index < -0.39 is 0 Å². The van der Waals surface area contributed by atoms with Gasteiger partial charge in [-0.05, 0) is 50.9 Å². The predicted octanol–water partition coefficient (Wildman–Crippen LogP) is 2.31. The molecule has 0 bridgehead atoms. The van der Waals surface area contributed by atoms with Crippen LogP contribution in [0, 0.1) is 5.92 Å². The highest BCUT2D eigenvalue weighted by atomic mass is 16.5. The van der Waals surface area contributed by atoms with Crippen molar-refractivity contribution >= 4 is 5.82 Å². The van der Waals surface area contributed by atoms with Gasteiger partial charge < -0.3 is 15.0 Å². The van der Waals surface area contributed by atoms with Gasteiger partial charge in [-0.15, -0.1) is 0 Å². The molecule has 19 heavy (non-hydrogen) atoms. The van der Waals surface area contributed by atoms with E-state index in [2.05, 4.69) is 22.1 Å². The first-order chi connectivity index (χ1) is 9.35. The maximum atomic E-state index is 5.67. The van der Waals surface area contributed by atoms with E-state index in [1.165, 1.54) is 12.8 Å². The Labute approximate surface area is 116 Å². The number of pyridine rings is 1. The average molecular weight is 263 g/mol. The van der Waals surface area contributed by atoms with Crippen LogP contribution in [0.25, 0.3) is 0 Å². The molecule has 1 aromatic heterocycles. The fourth-order valence-electron chi connectivity index (χ4n) is 2.59. The summed E-state index contributed by atoms with van der Waals surface area (Å²) in [6, 6.07) is 3.95. The normalized spacial score (nSPS) is 16.6. The third-order valence-corrected chi connectivity index (χ3v) is 3.65. The minimum absolute atomic E-state index is 0.690. The van der Waals surface area contributed by atoms with Gasteiger partial charge in [-0.1, -0.05) is 6.92 Å². The molecule has 0 saturated carbocycles. The Hall–Kier alpha value is -1.29. The number of rotatable bonds is 6. The number of hydrogen-bond donors (Lipinski definition) is 1.